The van der Waals surface area contributed by atoms with Gasteiger partial charge in [-0.2, -0.15) is 0 Å². The molecule has 0 aliphatic carbocycles. The molecule has 0 amide bonds. The predicted octanol–water partition coefficient (Wildman–Crippen LogP) is 2.83. The predicted molar refractivity (Wildman–Crippen MR) is 78.9 cm³/mol. The molecule has 0 fully saturated rings. The highest BCUT2D eigenvalue weighted by Crippen LogP contribution is 2.20. The smallest absolute Gasteiger partial charge is 0.305 e. The number of aromatic amines is 1. The standard InChI is InChI=1S/C15H11NO3S/c1-19-11-5-2-9(3-6-11)14(17)10-4-7-12-13(8-10)20-15(18)16-12/h2-8H,1H3,(H,16,18). The van der Waals surface area contributed by atoms with E-state index in [1.54, 1.807) is 49.6 Å². The van der Waals surface area contributed by atoms with E-state index < -0.39 is 0 Å². The number of carbonyl (C=O) groups is 1. The van der Waals surface area contributed by atoms with Crippen molar-refractivity contribution in [1.29, 1.82) is 0 Å². The summed E-state index contributed by atoms with van der Waals surface area (Å²) in [7, 11) is 1.58. The zero-order valence-electron chi connectivity index (χ0n) is 10.7. The quantitative estimate of drug-likeness (QED) is 0.753. The number of carbonyl (C=O) groups excluding carboxylic acids is 1. The van der Waals surface area contributed by atoms with Crippen molar-refractivity contribution < 1.29 is 9.53 Å². The number of fused-ring (bicyclic) bond motifs is 1. The summed E-state index contributed by atoms with van der Waals surface area (Å²) >= 11 is 1.10. The van der Waals surface area contributed by atoms with Crippen molar-refractivity contribution in [3.63, 3.8) is 0 Å². The van der Waals surface area contributed by atoms with Gasteiger partial charge in [0.15, 0.2) is 5.78 Å². The Morgan fingerprint density at radius 3 is 2.50 bits per heavy atom. The first-order chi connectivity index (χ1) is 9.67. The van der Waals surface area contributed by atoms with Gasteiger partial charge in [-0.25, -0.2) is 0 Å². The lowest BCUT2D eigenvalue weighted by atomic mass is 10.0. The number of ether oxygens (including phenoxy) is 1. The lowest BCUT2D eigenvalue weighted by molar-refractivity contribution is 0.103. The molecule has 0 saturated heterocycles. The maximum Gasteiger partial charge on any atom is 0.305 e. The summed E-state index contributed by atoms with van der Waals surface area (Å²) in [6.45, 7) is 0. The maximum absolute atomic E-state index is 12.4. The van der Waals surface area contributed by atoms with Gasteiger partial charge < -0.3 is 9.72 Å². The lowest BCUT2D eigenvalue weighted by Gasteiger charge is -2.03. The topological polar surface area (TPSA) is 59.2 Å². The number of hydrogen-bond acceptors (Lipinski definition) is 4. The Balaban J connectivity index is 2.00. The van der Waals surface area contributed by atoms with Crippen LogP contribution in [0.25, 0.3) is 10.2 Å². The highest BCUT2D eigenvalue weighted by Gasteiger charge is 2.10. The summed E-state index contributed by atoms with van der Waals surface area (Å²) in [5.41, 5.74) is 1.91. The van der Waals surface area contributed by atoms with Gasteiger partial charge in [-0.05, 0) is 42.5 Å². The van der Waals surface area contributed by atoms with E-state index in [0.717, 1.165) is 21.6 Å². The minimum atomic E-state index is -0.117. The van der Waals surface area contributed by atoms with E-state index in [0.29, 0.717) is 16.9 Å². The number of rotatable bonds is 3. The number of benzene rings is 2. The van der Waals surface area contributed by atoms with E-state index in [2.05, 4.69) is 4.98 Å². The van der Waals surface area contributed by atoms with Gasteiger partial charge in [0.05, 0.1) is 17.3 Å². The molecule has 0 unspecified atom stereocenters. The van der Waals surface area contributed by atoms with E-state index in [1.165, 1.54) is 0 Å². The third kappa shape index (κ3) is 2.23. The number of methoxy groups -OCH3 is 1. The van der Waals surface area contributed by atoms with Gasteiger partial charge in [-0.15, -0.1) is 0 Å². The fraction of sp³-hybridized carbons (Fsp3) is 0.0667. The Morgan fingerprint density at radius 1 is 1.10 bits per heavy atom. The van der Waals surface area contributed by atoms with Gasteiger partial charge in [0.1, 0.15) is 5.75 Å². The van der Waals surface area contributed by atoms with Crippen LogP contribution >= 0.6 is 11.3 Å². The van der Waals surface area contributed by atoms with Crippen molar-refractivity contribution in [3.05, 3.63) is 63.3 Å². The van der Waals surface area contributed by atoms with Crippen LogP contribution in [0.4, 0.5) is 0 Å². The molecule has 3 rings (SSSR count). The molecule has 100 valence electrons. The maximum atomic E-state index is 12.4. The van der Waals surface area contributed by atoms with Gasteiger partial charge in [-0.3, -0.25) is 9.59 Å². The molecule has 5 heteroatoms. The van der Waals surface area contributed by atoms with Gasteiger partial charge in [0.25, 0.3) is 0 Å². The molecule has 0 aliphatic rings. The van der Waals surface area contributed by atoms with Crippen LogP contribution in [0.15, 0.2) is 47.3 Å². The molecule has 0 spiro atoms. The molecule has 0 saturated carbocycles. The van der Waals surface area contributed by atoms with Crippen LogP contribution in [-0.2, 0) is 0 Å². The normalized spacial score (nSPS) is 10.7. The average Bonchev–Trinajstić information content (AvgIpc) is 2.85. The largest absolute Gasteiger partial charge is 0.497 e. The summed E-state index contributed by atoms with van der Waals surface area (Å²) in [5, 5.41) is 0. The highest BCUT2D eigenvalue weighted by atomic mass is 32.1. The second-order valence-electron chi connectivity index (χ2n) is 4.28. The second-order valence-corrected chi connectivity index (χ2v) is 5.30. The van der Waals surface area contributed by atoms with Crippen molar-refractivity contribution in [1.82, 2.24) is 4.98 Å². The Bertz CT molecular complexity index is 830. The monoisotopic (exact) mass is 285 g/mol. The first-order valence-corrected chi connectivity index (χ1v) is 6.80. The molecule has 0 bridgehead atoms. The minimum absolute atomic E-state index is 0.0737. The molecule has 2 aromatic carbocycles. The fourth-order valence-corrected chi connectivity index (χ4v) is 2.77. The Labute approximate surface area is 118 Å². The molecular weight excluding hydrogens is 274 g/mol. The molecule has 3 aromatic rings. The summed E-state index contributed by atoms with van der Waals surface area (Å²) in [6.07, 6.45) is 0. The number of H-pyrrole nitrogens is 1. The van der Waals surface area contributed by atoms with Gasteiger partial charge in [-0.1, -0.05) is 11.3 Å². The zero-order chi connectivity index (χ0) is 14.1. The third-order valence-electron chi connectivity index (χ3n) is 3.04. The van der Waals surface area contributed by atoms with Crippen LogP contribution in [0.5, 0.6) is 5.75 Å². The molecule has 4 nitrogen and oxygen atoms in total. The molecule has 0 atom stereocenters. The average molecular weight is 285 g/mol. The Hall–Kier alpha value is -2.40. The first-order valence-electron chi connectivity index (χ1n) is 5.99. The molecule has 1 N–H and O–H groups in total. The zero-order valence-corrected chi connectivity index (χ0v) is 11.5. The molecule has 1 aromatic heterocycles. The number of nitrogens with one attached hydrogen (secondary N) is 1. The highest BCUT2D eigenvalue weighted by molar-refractivity contribution is 7.16. The Morgan fingerprint density at radius 2 is 1.80 bits per heavy atom. The van der Waals surface area contributed by atoms with E-state index in [1.807, 2.05) is 0 Å². The molecular formula is C15H11NO3S. The van der Waals surface area contributed by atoms with Crippen molar-refractivity contribution in [2.24, 2.45) is 0 Å². The van der Waals surface area contributed by atoms with Crippen LogP contribution in [0, 0.1) is 0 Å². The lowest BCUT2D eigenvalue weighted by Crippen LogP contribution is -2.00. The summed E-state index contributed by atoms with van der Waals surface area (Å²) in [4.78, 5) is 26.2. The van der Waals surface area contributed by atoms with Crippen molar-refractivity contribution >= 4 is 27.3 Å². The van der Waals surface area contributed by atoms with E-state index in [-0.39, 0.29) is 10.7 Å². The van der Waals surface area contributed by atoms with E-state index in [9.17, 15) is 9.59 Å². The van der Waals surface area contributed by atoms with Crippen molar-refractivity contribution in [3.8, 4) is 5.75 Å². The van der Waals surface area contributed by atoms with Crippen LogP contribution < -0.4 is 9.61 Å². The molecule has 0 aliphatic heterocycles. The molecule has 0 radical (unpaired) electrons. The van der Waals surface area contributed by atoms with Crippen LogP contribution in [0.3, 0.4) is 0 Å². The molecule has 20 heavy (non-hydrogen) atoms. The van der Waals surface area contributed by atoms with Crippen molar-refractivity contribution in [2.75, 3.05) is 7.11 Å². The summed E-state index contributed by atoms with van der Waals surface area (Å²) in [6, 6.07) is 12.2. The minimum Gasteiger partial charge on any atom is -0.497 e. The SMILES string of the molecule is COc1ccc(C(=O)c2ccc3[nH]c(=O)sc3c2)cc1. The van der Waals surface area contributed by atoms with Gasteiger partial charge in [0.2, 0.25) is 0 Å². The van der Waals surface area contributed by atoms with E-state index in [4.69, 9.17) is 4.74 Å². The van der Waals surface area contributed by atoms with Gasteiger partial charge in [0, 0.05) is 11.1 Å². The third-order valence-corrected chi connectivity index (χ3v) is 3.88. The van der Waals surface area contributed by atoms with Crippen LogP contribution in [0.2, 0.25) is 0 Å². The Kier molecular flexibility index (Phi) is 3.12. The second kappa shape index (κ2) is 4.94. The summed E-state index contributed by atoms with van der Waals surface area (Å²) < 4.78 is 5.85. The van der Waals surface area contributed by atoms with Crippen LogP contribution in [-0.4, -0.2) is 17.9 Å². The number of aromatic nitrogens is 1. The molecule has 1 heterocycles. The van der Waals surface area contributed by atoms with Gasteiger partial charge >= 0.3 is 4.87 Å². The summed E-state index contributed by atoms with van der Waals surface area (Å²) in [5.74, 6) is 0.635. The number of hydrogen-bond donors (Lipinski definition) is 1. The number of ketones is 1. The van der Waals surface area contributed by atoms with E-state index >= 15 is 0 Å². The number of thiazole rings is 1. The van der Waals surface area contributed by atoms with Crippen LogP contribution in [0.1, 0.15) is 15.9 Å². The first kappa shape index (κ1) is 12.6. The fourth-order valence-electron chi connectivity index (χ4n) is 2.00. The van der Waals surface area contributed by atoms with Crippen molar-refractivity contribution in [2.45, 2.75) is 0 Å².